The molecule has 132 valence electrons. The van der Waals surface area contributed by atoms with E-state index in [0.717, 1.165) is 71.0 Å². The van der Waals surface area contributed by atoms with Crippen LogP contribution in [0.5, 0.6) is 0 Å². The van der Waals surface area contributed by atoms with E-state index >= 15 is 0 Å². The largest absolute Gasteiger partial charge is 0.441 e. The van der Waals surface area contributed by atoms with E-state index in [4.69, 9.17) is 9.15 Å². The van der Waals surface area contributed by atoms with Crippen molar-refractivity contribution in [3.05, 3.63) is 30.2 Å². The topological polar surface area (TPSA) is 73.1 Å². The van der Waals surface area contributed by atoms with Gasteiger partial charge < -0.3 is 14.5 Å². The van der Waals surface area contributed by atoms with Crippen molar-refractivity contribution in [1.82, 2.24) is 15.2 Å². The third-order valence-electron chi connectivity index (χ3n) is 4.01. The molecule has 8 heteroatoms. The molecule has 4 rings (SSSR count). The van der Waals surface area contributed by atoms with Crippen molar-refractivity contribution in [1.29, 1.82) is 0 Å². The lowest BCUT2D eigenvalue weighted by Crippen LogP contribution is -2.18. The van der Waals surface area contributed by atoms with Gasteiger partial charge in [-0.15, -0.1) is 10.2 Å². The Morgan fingerprint density at radius 1 is 1.28 bits per heavy atom. The molecule has 25 heavy (non-hydrogen) atoms. The summed E-state index contributed by atoms with van der Waals surface area (Å²) >= 11 is 3.33. The Balaban J connectivity index is 1.19. The summed E-state index contributed by atoms with van der Waals surface area (Å²) in [5.41, 5.74) is 1.78. The van der Waals surface area contributed by atoms with Crippen molar-refractivity contribution in [2.24, 2.45) is 0 Å². The molecule has 0 saturated carbocycles. The molecule has 0 aliphatic carbocycles. The molecular formula is C17H20N4O2S2. The van der Waals surface area contributed by atoms with Crippen molar-refractivity contribution in [3.8, 4) is 0 Å². The maximum atomic E-state index is 5.74. The standard InChI is InChI=1S/C17H20N4O2S2/c1-2-7-14-13(6-1)19-15(23-14)8-4-10-24-17-21-20-16(25-17)18-11-12-5-3-9-22-12/h1-2,6-7,12H,3-5,8-11H2,(H,18,20). The number of hydrogen-bond donors (Lipinski definition) is 1. The molecule has 0 radical (unpaired) electrons. The fraction of sp³-hybridized carbons (Fsp3) is 0.471. The van der Waals surface area contributed by atoms with E-state index in [2.05, 4.69) is 20.5 Å². The van der Waals surface area contributed by atoms with Gasteiger partial charge in [0.15, 0.2) is 15.8 Å². The van der Waals surface area contributed by atoms with Crippen LogP contribution in [0.3, 0.4) is 0 Å². The second-order valence-electron chi connectivity index (χ2n) is 5.92. The van der Waals surface area contributed by atoms with Gasteiger partial charge in [0.1, 0.15) is 5.52 Å². The van der Waals surface area contributed by atoms with Gasteiger partial charge in [-0.1, -0.05) is 35.2 Å². The fourth-order valence-electron chi connectivity index (χ4n) is 2.76. The van der Waals surface area contributed by atoms with Crippen LogP contribution in [0.4, 0.5) is 5.13 Å². The zero-order chi connectivity index (χ0) is 16.9. The van der Waals surface area contributed by atoms with E-state index in [1.54, 1.807) is 23.1 Å². The summed E-state index contributed by atoms with van der Waals surface area (Å²) < 4.78 is 12.3. The van der Waals surface area contributed by atoms with Crippen LogP contribution in [0.15, 0.2) is 33.0 Å². The average Bonchev–Trinajstić information content (AvgIpc) is 3.37. The Labute approximate surface area is 154 Å². The molecule has 1 saturated heterocycles. The van der Waals surface area contributed by atoms with Crippen molar-refractivity contribution in [2.45, 2.75) is 36.1 Å². The molecule has 1 fully saturated rings. The number of ether oxygens (including phenoxy) is 1. The number of fused-ring (bicyclic) bond motifs is 1. The van der Waals surface area contributed by atoms with Crippen LogP contribution in [0, 0.1) is 0 Å². The smallest absolute Gasteiger partial charge is 0.206 e. The Hall–Kier alpha value is -1.64. The predicted molar refractivity (Wildman–Crippen MR) is 100 cm³/mol. The number of anilines is 1. The van der Waals surface area contributed by atoms with Gasteiger partial charge in [-0.05, 0) is 31.4 Å². The molecule has 0 amide bonds. The minimum atomic E-state index is 0.316. The van der Waals surface area contributed by atoms with Gasteiger partial charge in [0.25, 0.3) is 0 Å². The first kappa shape index (κ1) is 16.8. The predicted octanol–water partition coefficient (Wildman–Crippen LogP) is 4.00. The maximum absolute atomic E-state index is 5.74. The lowest BCUT2D eigenvalue weighted by atomic mass is 10.2. The van der Waals surface area contributed by atoms with E-state index in [-0.39, 0.29) is 0 Å². The SMILES string of the molecule is c1ccc2oc(CCCSc3nnc(NCC4CCCO4)s3)nc2c1. The molecule has 1 unspecified atom stereocenters. The van der Waals surface area contributed by atoms with Crippen molar-refractivity contribution >= 4 is 39.3 Å². The number of aryl methyl sites for hydroxylation is 1. The van der Waals surface area contributed by atoms with Crippen LogP contribution in [-0.4, -0.2) is 40.2 Å². The molecule has 3 aromatic rings. The Morgan fingerprint density at radius 3 is 3.12 bits per heavy atom. The van der Waals surface area contributed by atoms with E-state index in [9.17, 15) is 0 Å². The van der Waals surface area contributed by atoms with Gasteiger partial charge in [0.2, 0.25) is 5.13 Å². The number of hydrogen-bond acceptors (Lipinski definition) is 8. The number of thioether (sulfide) groups is 1. The monoisotopic (exact) mass is 376 g/mol. The van der Waals surface area contributed by atoms with Gasteiger partial charge in [-0.3, -0.25) is 0 Å². The Morgan fingerprint density at radius 2 is 2.24 bits per heavy atom. The molecule has 2 aromatic heterocycles. The van der Waals surface area contributed by atoms with Gasteiger partial charge in [0.05, 0.1) is 6.10 Å². The number of rotatable bonds is 8. The van der Waals surface area contributed by atoms with E-state index in [1.807, 2.05) is 24.3 Å². The normalized spacial score (nSPS) is 17.4. The summed E-state index contributed by atoms with van der Waals surface area (Å²) in [6, 6.07) is 7.87. The number of nitrogens with one attached hydrogen (secondary N) is 1. The third-order valence-corrected chi connectivity index (χ3v) is 6.11. The van der Waals surface area contributed by atoms with Gasteiger partial charge in [-0.25, -0.2) is 4.98 Å². The first-order valence-corrected chi connectivity index (χ1v) is 10.3. The summed E-state index contributed by atoms with van der Waals surface area (Å²) in [6.45, 7) is 1.70. The molecular weight excluding hydrogens is 356 g/mol. The molecule has 0 bridgehead atoms. The van der Waals surface area contributed by atoms with Crippen LogP contribution in [0.2, 0.25) is 0 Å². The average molecular weight is 377 g/mol. The summed E-state index contributed by atoms with van der Waals surface area (Å²) in [6.07, 6.45) is 4.43. The van der Waals surface area contributed by atoms with Crippen LogP contribution in [0.1, 0.15) is 25.2 Å². The first-order chi connectivity index (χ1) is 12.4. The molecule has 1 aliphatic heterocycles. The molecule has 0 spiro atoms. The molecule has 6 nitrogen and oxygen atoms in total. The van der Waals surface area contributed by atoms with Crippen molar-refractivity contribution in [3.63, 3.8) is 0 Å². The first-order valence-electron chi connectivity index (χ1n) is 8.53. The molecule has 1 aromatic carbocycles. The summed E-state index contributed by atoms with van der Waals surface area (Å²) in [5, 5.41) is 12.6. The second kappa shape index (κ2) is 8.16. The zero-order valence-corrected chi connectivity index (χ0v) is 15.4. The summed E-state index contributed by atoms with van der Waals surface area (Å²) in [4.78, 5) is 4.50. The third kappa shape index (κ3) is 4.50. The molecule has 1 aliphatic rings. The minimum Gasteiger partial charge on any atom is -0.441 e. The minimum absolute atomic E-state index is 0.316. The lowest BCUT2D eigenvalue weighted by molar-refractivity contribution is 0.120. The van der Waals surface area contributed by atoms with E-state index in [1.165, 1.54) is 0 Å². The number of nitrogens with zero attached hydrogens (tertiary/aromatic N) is 3. The quantitative estimate of drug-likeness (QED) is 0.470. The highest BCUT2D eigenvalue weighted by atomic mass is 32.2. The van der Waals surface area contributed by atoms with Gasteiger partial charge in [0, 0.05) is 25.3 Å². The van der Waals surface area contributed by atoms with E-state index < -0.39 is 0 Å². The maximum Gasteiger partial charge on any atom is 0.206 e. The lowest BCUT2D eigenvalue weighted by Gasteiger charge is -2.08. The number of aromatic nitrogens is 3. The number of para-hydroxylation sites is 2. The van der Waals surface area contributed by atoms with Gasteiger partial charge in [-0.2, -0.15) is 0 Å². The van der Waals surface area contributed by atoms with E-state index in [0.29, 0.717) is 6.10 Å². The van der Waals surface area contributed by atoms with Crippen molar-refractivity contribution < 1.29 is 9.15 Å². The highest BCUT2D eigenvalue weighted by Crippen LogP contribution is 2.27. The van der Waals surface area contributed by atoms with Gasteiger partial charge >= 0.3 is 0 Å². The Kier molecular flexibility index (Phi) is 5.49. The fourth-order valence-corrected chi connectivity index (χ4v) is 4.52. The zero-order valence-electron chi connectivity index (χ0n) is 13.8. The second-order valence-corrected chi connectivity index (χ2v) is 8.24. The van der Waals surface area contributed by atoms with Crippen LogP contribution < -0.4 is 5.32 Å². The highest BCUT2D eigenvalue weighted by molar-refractivity contribution is 8.01. The number of oxazole rings is 1. The summed E-state index contributed by atoms with van der Waals surface area (Å²) in [7, 11) is 0. The van der Waals surface area contributed by atoms with Crippen LogP contribution >= 0.6 is 23.1 Å². The Bertz CT molecular complexity index is 781. The highest BCUT2D eigenvalue weighted by Gasteiger charge is 2.15. The molecule has 3 heterocycles. The van der Waals surface area contributed by atoms with Crippen molar-refractivity contribution in [2.75, 3.05) is 24.2 Å². The molecule has 1 atom stereocenters. The van der Waals surface area contributed by atoms with Crippen LogP contribution in [-0.2, 0) is 11.2 Å². The summed E-state index contributed by atoms with van der Waals surface area (Å²) in [5.74, 6) is 1.78. The number of benzene rings is 1. The van der Waals surface area contributed by atoms with Crippen LogP contribution in [0.25, 0.3) is 11.1 Å². The molecule has 1 N–H and O–H groups in total.